The zero-order chi connectivity index (χ0) is 14.6. The van der Waals surface area contributed by atoms with E-state index in [1.165, 1.54) is 0 Å². The fraction of sp³-hybridized carbons (Fsp3) is 1.00. The smallest absolute Gasteiger partial charge is 0.0656 e. The van der Waals surface area contributed by atoms with E-state index < -0.39 is 0 Å². The highest BCUT2D eigenvalue weighted by molar-refractivity contribution is 5.04. The highest BCUT2D eigenvalue weighted by atomic mass is 16.5. The van der Waals surface area contributed by atoms with Gasteiger partial charge < -0.3 is 14.8 Å². The fourth-order valence-corrected chi connectivity index (χ4v) is 2.63. The zero-order valence-electron chi connectivity index (χ0n) is 13.8. The van der Waals surface area contributed by atoms with E-state index in [0.717, 1.165) is 19.6 Å². The molecule has 0 saturated heterocycles. The molecule has 0 aliphatic heterocycles. The Balaban J connectivity index is 2.45. The molecule has 3 heteroatoms. The summed E-state index contributed by atoms with van der Waals surface area (Å²) in [6, 6.07) is 0.965. The molecule has 1 rings (SSSR count). The van der Waals surface area contributed by atoms with Gasteiger partial charge in [-0.1, -0.05) is 41.5 Å². The molecular weight excluding hydrogens is 238 g/mol. The van der Waals surface area contributed by atoms with Gasteiger partial charge in [0, 0.05) is 31.2 Å². The number of ether oxygens (including phenoxy) is 2. The van der Waals surface area contributed by atoms with Gasteiger partial charge >= 0.3 is 0 Å². The van der Waals surface area contributed by atoms with Gasteiger partial charge in [0.15, 0.2) is 0 Å². The van der Waals surface area contributed by atoms with E-state index in [9.17, 15) is 0 Å². The van der Waals surface area contributed by atoms with Crippen LogP contribution in [0, 0.1) is 17.3 Å². The van der Waals surface area contributed by atoms with E-state index in [2.05, 4.69) is 46.9 Å². The van der Waals surface area contributed by atoms with E-state index in [4.69, 9.17) is 9.47 Å². The molecule has 114 valence electrons. The van der Waals surface area contributed by atoms with Crippen LogP contribution < -0.4 is 5.32 Å². The molecule has 3 unspecified atom stereocenters. The maximum Gasteiger partial charge on any atom is 0.0656 e. The minimum atomic E-state index is 0.218. The van der Waals surface area contributed by atoms with Crippen LogP contribution in [0.1, 0.15) is 48.0 Å². The third kappa shape index (κ3) is 4.44. The summed E-state index contributed by atoms with van der Waals surface area (Å²) in [4.78, 5) is 0. The summed E-state index contributed by atoms with van der Waals surface area (Å²) in [5, 5.41) is 3.76. The second-order valence-electron chi connectivity index (χ2n) is 7.30. The molecule has 0 heterocycles. The lowest BCUT2D eigenvalue weighted by molar-refractivity contribution is -0.128. The minimum absolute atomic E-state index is 0.218. The molecule has 1 saturated carbocycles. The molecule has 0 spiro atoms. The van der Waals surface area contributed by atoms with E-state index in [-0.39, 0.29) is 5.41 Å². The maximum atomic E-state index is 6.02. The van der Waals surface area contributed by atoms with Crippen LogP contribution >= 0.6 is 0 Å². The van der Waals surface area contributed by atoms with Crippen molar-refractivity contribution in [2.45, 2.75) is 66.2 Å². The van der Waals surface area contributed by atoms with Crippen LogP contribution in [0.15, 0.2) is 0 Å². The standard InChI is InChI=1S/C16H33NO2/c1-11(2)9-19-15-8-14(16(15,5)6)17-13(10-18-7)12(3)4/h11-15,17H,8-10H2,1-7H3. The van der Waals surface area contributed by atoms with Crippen molar-refractivity contribution in [2.24, 2.45) is 17.3 Å². The molecule has 1 aliphatic carbocycles. The van der Waals surface area contributed by atoms with Crippen molar-refractivity contribution in [1.29, 1.82) is 0 Å². The summed E-state index contributed by atoms with van der Waals surface area (Å²) in [6.45, 7) is 15.2. The van der Waals surface area contributed by atoms with Gasteiger partial charge in [0.2, 0.25) is 0 Å². The third-order valence-corrected chi connectivity index (χ3v) is 4.37. The summed E-state index contributed by atoms with van der Waals surface area (Å²) in [5.41, 5.74) is 0.218. The van der Waals surface area contributed by atoms with Gasteiger partial charge in [-0.15, -0.1) is 0 Å². The van der Waals surface area contributed by atoms with Gasteiger partial charge in [0.25, 0.3) is 0 Å². The summed E-state index contributed by atoms with van der Waals surface area (Å²) in [5.74, 6) is 1.20. The molecule has 19 heavy (non-hydrogen) atoms. The Labute approximate surface area is 119 Å². The Morgan fingerprint density at radius 3 is 2.21 bits per heavy atom. The van der Waals surface area contributed by atoms with Crippen LogP contribution in [-0.2, 0) is 9.47 Å². The highest BCUT2D eigenvalue weighted by Crippen LogP contribution is 2.43. The molecule has 1 N–H and O–H groups in total. The Kier molecular flexibility index (Phi) is 6.28. The van der Waals surface area contributed by atoms with Crippen LogP contribution in [0.3, 0.4) is 0 Å². The lowest BCUT2D eigenvalue weighted by atomic mass is 9.64. The Bertz CT molecular complexity index is 263. The van der Waals surface area contributed by atoms with Crippen molar-refractivity contribution in [3.63, 3.8) is 0 Å². The molecule has 0 aromatic rings. The lowest BCUT2D eigenvalue weighted by Crippen LogP contribution is -2.64. The second-order valence-corrected chi connectivity index (χ2v) is 7.30. The number of hydrogen-bond acceptors (Lipinski definition) is 3. The molecule has 0 amide bonds. The topological polar surface area (TPSA) is 30.5 Å². The summed E-state index contributed by atoms with van der Waals surface area (Å²) < 4.78 is 11.3. The SMILES string of the molecule is COCC(NC1CC(OCC(C)C)C1(C)C)C(C)C. The molecule has 0 radical (unpaired) electrons. The first kappa shape index (κ1) is 16.9. The fourth-order valence-electron chi connectivity index (χ4n) is 2.63. The quantitative estimate of drug-likeness (QED) is 0.736. The second kappa shape index (κ2) is 7.05. The summed E-state index contributed by atoms with van der Waals surface area (Å²) in [7, 11) is 1.78. The van der Waals surface area contributed by atoms with E-state index >= 15 is 0 Å². The van der Waals surface area contributed by atoms with Crippen molar-refractivity contribution in [3.8, 4) is 0 Å². The zero-order valence-corrected chi connectivity index (χ0v) is 13.8. The summed E-state index contributed by atoms with van der Waals surface area (Å²) >= 11 is 0. The average Bonchev–Trinajstić information content (AvgIpc) is 2.30. The maximum absolute atomic E-state index is 6.02. The van der Waals surface area contributed by atoms with Gasteiger partial charge in [-0.05, 0) is 18.3 Å². The number of hydrogen-bond donors (Lipinski definition) is 1. The lowest BCUT2D eigenvalue weighted by Gasteiger charge is -2.53. The molecule has 3 atom stereocenters. The monoisotopic (exact) mass is 271 g/mol. The first-order valence-corrected chi connectivity index (χ1v) is 7.65. The first-order valence-electron chi connectivity index (χ1n) is 7.65. The predicted octanol–water partition coefficient (Wildman–Crippen LogP) is 3.09. The van der Waals surface area contributed by atoms with Gasteiger partial charge in [0.05, 0.1) is 12.7 Å². The van der Waals surface area contributed by atoms with Crippen LogP contribution in [0.5, 0.6) is 0 Å². The van der Waals surface area contributed by atoms with Crippen LogP contribution in [0.4, 0.5) is 0 Å². The third-order valence-electron chi connectivity index (χ3n) is 4.37. The van der Waals surface area contributed by atoms with Gasteiger partial charge in [-0.2, -0.15) is 0 Å². The molecule has 3 nitrogen and oxygen atoms in total. The van der Waals surface area contributed by atoms with Gasteiger partial charge in [-0.25, -0.2) is 0 Å². The number of rotatable bonds is 8. The Morgan fingerprint density at radius 2 is 1.79 bits per heavy atom. The van der Waals surface area contributed by atoms with Crippen molar-refractivity contribution in [3.05, 3.63) is 0 Å². The molecule has 0 bridgehead atoms. The normalized spacial score (nSPS) is 27.6. The van der Waals surface area contributed by atoms with Gasteiger partial charge in [-0.3, -0.25) is 0 Å². The molecule has 0 aromatic heterocycles. The summed E-state index contributed by atoms with van der Waals surface area (Å²) in [6.07, 6.45) is 1.51. The molecular formula is C16H33NO2. The average molecular weight is 271 g/mol. The van der Waals surface area contributed by atoms with E-state index in [1.807, 2.05) is 0 Å². The Morgan fingerprint density at radius 1 is 1.16 bits per heavy atom. The van der Waals surface area contributed by atoms with Crippen LogP contribution in [-0.4, -0.2) is 38.5 Å². The van der Waals surface area contributed by atoms with E-state index in [0.29, 0.717) is 30.0 Å². The highest BCUT2D eigenvalue weighted by Gasteiger charge is 2.49. The van der Waals surface area contributed by atoms with Crippen LogP contribution in [0.25, 0.3) is 0 Å². The molecule has 1 fully saturated rings. The number of methoxy groups -OCH3 is 1. The Hall–Kier alpha value is -0.120. The van der Waals surface area contributed by atoms with Crippen molar-refractivity contribution in [1.82, 2.24) is 5.32 Å². The molecule has 0 aromatic carbocycles. The minimum Gasteiger partial charge on any atom is -0.383 e. The van der Waals surface area contributed by atoms with E-state index in [1.54, 1.807) is 7.11 Å². The molecule has 1 aliphatic rings. The van der Waals surface area contributed by atoms with Crippen molar-refractivity contribution in [2.75, 3.05) is 20.3 Å². The first-order chi connectivity index (χ1) is 8.78. The largest absolute Gasteiger partial charge is 0.383 e. The van der Waals surface area contributed by atoms with Crippen molar-refractivity contribution < 1.29 is 9.47 Å². The van der Waals surface area contributed by atoms with Crippen LogP contribution in [0.2, 0.25) is 0 Å². The number of nitrogens with one attached hydrogen (secondary N) is 1. The van der Waals surface area contributed by atoms with Gasteiger partial charge in [0.1, 0.15) is 0 Å². The predicted molar refractivity (Wildman–Crippen MR) is 80.4 cm³/mol. The van der Waals surface area contributed by atoms with Crippen molar-refractivity contribution >= 4 is 0 Å².